The number of aromatic nitrogens is 1. The van der Waals surface area contributed by atoms with Crippen LogP contribution in [0.25, 0.3) is 11.3 Å². The Morgan fingerprint density at radius 2 is 2.14 bits per heavy atom. The first-order valence-corrected chi connectivity index (χ1v) is 7.51. The molecule has 0 amide bonds. The van der Waals surface area contributed by atoms with Crippen LogP contribution in [0.1, 0.15) is 6.92 Å². The molecule has 3 nitrogen and oxygen atoms in total. The van der Waals surface area contributed by atoms with Crippen LogP contribution in [-0.4, -0.2) is 11.2 Å². The predicted molar refractivity (Wildman–Crippen MR) is 88.9 cm³/mol. The third kappa shape index (κ3) is 3.31. The zero-order chi connectivity index (χ0) is 15.4. The molecule has 0 bridgehead atoms. The van der Waals surface area contributed by atoms with Crippen molar-refractivity contribution in [3.05, 3.63) is 50.2 Å². The van der Waals surface area contributed by atoms with Gasteiger partial charge in [0.1, 0.15) is 12.4 Å². The molecule has 0 saturated carbocycles. The Labute approximate surface area is 136 Å². The topological polar surface area (TPSA) is 31.2 Å². The van der Waals surface area contributed by atoms with Crippen molar-refractivity contribution in [2.45, 2.75) is 13.5 Å². The summed E-state index contributed by atoms with van der Waals surface area (Å²) < 4.78 is 7.52. The van der Waals surface area contributed by atoms with Crippen LogP contribution < -0.4 is 10.3 Å². The van der Waals surface area contributed by atoms with E-state index in [1.54, 1.807) is 22.8 Å². The second-order valence-electron chi connectivity index (χ2n) is 4.25. The van der Waals surface area contributed by atoms with Gasteiger partial charge >= 0.3 is 0 Å². The summed E-state index contributed by atoms with van der Waals surface area (Å²) >= 11 is 9.55. The molecular weight excluding hydrogens is 354 g/mol. The average Bonchev–Trinajstić information content (AvgIpc) is 2.48. The molecule has 1 heterocycles. The van der Waals surface area contributed by atoms with E-state index in [0.29, 0.717) is 21.8 Å². The zero-order valence-electron chi connectivity index (χ0n) is 11.4. The van der Waals surface area contributed by atoms with E-state index < -0.39 is 0 Å². The Morgan fingerprint density at radius 3 is 2.76 bits per heavy atom. The third-order valence-electron chi connectivity index (χ3n) is 2.98. The number of halogens is 2. The molecule has 2 aromatic rings. The summed E-state index contributed by atoms with van der Waals surface area (Å²) in [5.41, 5.74) is 1.45. The van der Waals surface area contributed by atoms with Crippen molar-refractivity contribution in [3.8, 4) is 29.4 Å². The Bertz CT molecular complexity index is 762. The molecule has 0 atom stereocenters. The Morgan fingerprint density at radius 1 is 1.38 bits per heavy atom. The molecule has 0 fully saturated rings. The summed E-state index contributed by atoms with van der Waals surface area (Å²) in [4.78, 5) is 12.1. The number of nitrogens with zero attached hydrogens (tertiary/aromatic N) is 1. The molecule has 0 unspecified atom stereocenters. The number of benzene rings is 1. The van der Waals surface area contributed by atoms with E-state index in [9.17, 15) is 4.79 Å². The standard InChI is InChI=1S/C16H13BrClNO2/c1-3-9-21-11-5-6-12(14(18)10-11)15-8-7-13(17)16(20)19(15)4-2/h1,5-8,10H,4,9H2,2H3. The number of hydrogen-bond donors (Lipinski definition) is 0. The summed E-state index contributed by atoms with van der Waals surface area (Å²) in [6.45, 7) is 2.66. The summed E-state index contributed by atoms with van der Waals surface area (Å²) in [5, 5.41) is 0.508. The maximum Gasteiger partial charge on any atom is 0.265 e. The summed E-state index contributed by atoms with van der Waals surface area (Å²) in [7, 11) is 0. The normalized spacial score (nSPS) is 10.2. The van der Waals surface area contributed by atoms with Crippen molar-refractivity contribution in [2.24, 2.45) is 0 Å². The van der Waals surface area contributed by atoms with Crippen molar-refractivity contribution in [2.75, 3.05) is 6.61 Å². The molecule has 21 heavy (non-hydrogen) atoms. The second kappa shape index (κ2) is 6.84. The smallest absolute Gasteiger partial charge is 0.265 e. The van der Waals surface area contributed by atoms with Crippen molar-refractivity contribution >= 4 is 27.5 Å². The minimum absolute atomic E-state index is 0.0845. The molecule has 2 rings (SSSR count). The predicted octanol–water partition coefficient (Wildman–Crippen LogP) is 3.96. The first-order valence-electron chi connectivity index (χ1n) is 6.34. The highest BCUT2D eigenvalue weighted by atomic mass is 79.9. The molecule has 1 aromatic heterocycles. The van der Waals surface area contributed by atoms with Crippen molar-refractivity contribution in [3.63, 3.8) is 0 Å². The Balaban J connectivity index is 2.51. The van der Waals surface area contributed by atoms with Gasteiger partial charge in [0.05, 0.1) is 15.2 Å². The average molecular weight is 367 g/mol. The van der Waals surface area contributed by atoms with Crippen LogP contribution in [0, 0.1) is 12.3 Å². The zero-order valence-corrected chi connectivity index (χ0v) is 13.7. The highest BCUT2D eigenvalue weighted by Gasteiger charge is 2.11. The lowest BCUT2D eigenvalue weighted by atomic mass is 10.1. The summed E-state index contributed by atoms with van der Waals surface area (Å²) in [6, 6.07) is 8.88. The lowest BCUT2D eigenvalue weighted by Crippen LogP contribution is -2.21. The number of terminal acetylenes is 1. The number of hydrogen-bond acceptors (Lipinski definition) is 2. The highest BCUT2D eigenvalue weighted by Crippen LogP contribution is 2.31. The molecule has 5 heteroatoms. The maximum atomic E-state index is 12.1. The van der Waals surface area contributed by atoms with Gasteiger partial charge in [0.2, 0.25) is 0 Å². The molecule has 0 spiro atoms. The molecule has 0 radical (unpaired) electrons. The molecule has 1 aromatic carbocycles. The van der Waals surface area contributed by atoms with Crippen LogP contribution in [0.3, 0.4) is 0 Å². The van der Waals surface area contributed by atoms with Gasteiger partial charge in [-0.1, -0.05) is 17.5 Å². The van der Waals surface area contributed by atoms with Crippen molar-refractivity contribution < 1.29 is 4.74 Å². The number of pyridine rings is 1. The molecule has 108 valence electrons. The van der Waals surface area contributed by atoms with Crippen LogP contribution >= 0.6 is 27.5 Å². The van der Waals surface area contributed by atoms with Crippen LogP contribution in [0.5, 0.6) is 5.75 Å². The van der Waals surface area contributed by atoms with Gasteiger partial charge in [-0.15, -0.1) is 6.42 Å². The van der Waals surface area contributed by atoms with Gasteiger partial charge in [-0.05, 0) is 53.2 Å². The first kappa shape index (κ1) is 15.7. The quantitative estimate of drug-likeness (QED) is 0.767. The van der Waals surface area contributed by atoms with Gasteiger partial charge in [-0.3, -0.25) is 4.79 Å². The van der Waals surface area contributed by atoms with E-state index in [-0.39, 0.29) is 12.2 Å². The van der Waals surface area contributed by atoms with Crippen LogP contribution in [0.2, 0.25) is 5.02 Å². The van der Waals surface area contributed by atoms with Crippen LogP contribution in [0.4, 0.5) is 0 Å². The molecule has 0 aliphatic heterocycles. The molecule has 0 saturated heterocycles. The van der Waals surface area contributed by atoms with Crippen molar-refractivity contribution in [1.82, 2.24) is 4.57 Å². The van der Waals surface area contributed by atoms with Gasteiger partial charge in [0, 0.05) is 12.1 Å². The van der Waals surface area contributed by atoms with Gasteiger partial charge in [0.25, 0.3) is 5.56 Å². The van der Waals surface area contributed by atoms with Gasteiger partial charge < -0.3 is 9.30 Å². The maximum absolute atomic E-state index is 12.1. The van der Waals surface area contributed by atoms with E-state index in [2.05, 4.69) is 21.9 Å². The number of rotatable bonds is 4. The fourth-order valence-corrected chi connectivity index (χ4v) is 2.63. The highest BCUT2D eigenvalue weighted by molar-refractivity contribution is 9.10. The molecule has 0 aliphatic rings. The molecular formula is C16H13BrClNO2. The van der Waals surface area contributed by atoms with E-state index in [4.69, 9.17) is 22.8 Å². The van der Waals surface area contributed by atoms with Gasteiger partial charge in [0.15, 0.2) is 0 Å². The largest absolute Gasteiger partial charge is 0.481 e. The molecule has 0 N–H and O–H groups in total. The summed E-state index contributed by atoms with van der Waals surface area (Å²) in [6.07, 6.45) is 5.15. The Hall–Kier alpha value is -1.70. The van der Waals surface area contributed by atoms with Gasteiger partial charge in [-0.2, -0.15) is 0 Å². The summed E-state index contributed by atoms with van der Waals surface area (Å²) in [5.74, 6) is 3.00. The lowest BCUT2D eigenvalue weighted by molar-refractivity contribution is 0.370. The SMILES string of the molecule is C#CCOc1ccc(-c2ccc(Br)c(=O)n2CC)c(Cl)c1. The van der Waals surface area contributed by atoms with E-state index in [1.807, 2.05) is 19.1 Å². The monoisotopic (exact) mass is 365 g/mol. The minimum Gasteiger partial charge on any atom is -0.481 e. The molecule has 0 aliphatic carbocycles. The minimum atomic E-state index is -0.0845. The first-order chi connectivity index (χ1) is 10.1. The van der Waals surface area contributed by atoms with E-state index in [0.717, 1.165) is 11.3 Å². The van der Waals surface area contributed by atoms with Crippen LogP contribution in [-0.2, 0) is 6.54 Å². The van der Waals surface area contributed by atoms with E-state index >= 15 is 0 Å². The van der Waals surface area contributed by atoms with Crippen LogP contribution in [0.15, 0.2) is 39.6 Å². The third-order valence-corrected chi connectivity index (χ3v) is 3.90. The number of ether oxygens (including phenoxy) is 1. The fourth-order valence-electron chi connectivity index (χ4n) is 2.02. The van der Waals surface area contributed by atoms with E-state index in [1.165, 1.54) is 0 Å². The van der Waals surface area contributed by atoms with Gasteiger partial charge in [-0.25, -0.2) is 0 Å². The second-order valence-corrected chi connectivity index (χ2v) is 5.51. The van der Waals surface area contributed by atoms with Crippen molar-refractivity contribution in [1.29, 1.82) is 0 Å². The fraction of sp³-hybridized carbons (Fsp3) is 0.188. The Kier molecular flexibility index (Phi) is 5.11. The lowest BCUT2D eigenvalue weighted by Gasteiger charge is -2.13.